The Morgan fingerprint density at radius 3 is 2.75 bits per heavy atom. The third kappa shape index (κ3) is 5.08. The molecule has 0 saturated heterocycles. The molecular formula is C13H16F3NO3. The molecule has 0 fully saturated rings. The average Bonchev–Trinajstić information content (AvgIpc) is 2.35. The molecule has 2 N–H and O–H groups in total. The Hall–Kier alpha value is -1.76. The number of aliphatic hydroxyl groups excluding tert-OH is 1. The van der Waals surface area contributed by atoms with Gasteiger partial charge in [0.05, 0.1) is 5.56 Å². The van der Waals surface area contributed by atoms with Gasteiger partial charge in [-0.1, -0.05) is 0 Å². The molecule has 0 aromatic heterocycles. The Bertz CT molecular complexity index is 454. The fourth-order valence-corrected chi connectivity index (χ4v) is 1.65. The van der Waals surface area contributed by atoms with E-state index in [4.69, 9.17) is 5.11 Å². The van der Waals surface area contributed by atoms with E-state index in [1.54, 1.807) is 6.92 Å². The third-order valence-electron chi connectivity index (χ3n) is 2.58. The summed E-state index contributed by atoms with van der Waals surface area (Å²) in [7, 11) is 0. The van der Waals surface area contributed by atoms with E-state index in [1.165, 1.54) is 0 Å². The predicted molar refractivity (Wildman–Crippen MR) is 66.3 cm³/mol. The van der Waals surface area contributed by atoms with Gasteiger partial charge in [-0.25, -0.2) is 4.39 Å². The van der Waals surface area contributed by atoms with Gasteiger partial charge in [0, 0.05) is 18.7 Å². The van der Waals surface area contributed by atoms with Gasteiger partial charge in [-0.05, 0) is 31.9 Å². The first kappa shape index (κ1) is 16.3. The number of aliphatic hydroxyl groups is 1. The first-order valence-electron chi connectivity index (χ1n) is 6.10. The molecule has 1 atom stereocenters. The zero-order valence-electron chi connectivity index (χ0n) is 10.9. The number of halogens is 3. The molecule has 0 aliphatic rings. The summed E-state index contributed by atoms with van der Waals surface area (Å²) in [4.78, 5) is 11.9. The van der Waals surface area contributed by atoms with Crippen molar-refractivity contribution < 1.29 is 27.8 Å². The Morgan fingerprint density at radius 1 is 1.45 bits per heavy atom. The molecule has 1 unspecified atom stereocenters. The van der Waals surface area contributed by atoms with Gasteiger partial charge in [0.25, 0.3) is 5.91 Å². The van der Waals surface area contributed by atoms with Gasteiger partial charge in [0.15, 0.2) is 0 Å². The average molecular weight is 291 g/mol. The highest BCUT2D eigenvalue weighted by Gasteiger charge is 2.18. The monoisotopic (exact) mass is 291 g/mol. The van der Waals surface area contributed by atoms with Crippen molar-refractivity contribution >= 4 is 5.91 Å². The van der Waals surface area contributed by atoms with Crippen LogP contribution in [0, 0.1) is 5.82 Å². The van der Waals surface area contributed by atoms with Crippen molar-refractivity contribution in [2.75, 3.05) is 6.61 Å². The molecule has 20 heavy (non-hydrogen) atoms. The van der Waals surface area contributed by atoms with Crippen molar-refractivity contribution in [1.29, 1.82) is 0 Å². The van der Waals surface area contributed by atoms with Gasteiger partial charge in [-0.3, -0.25) is 4.79 Å². The maximum absolute atomic E-state index is 13.0. The van der Waals surface area contributed by atoms with Crippen LogP contribution in [0.4, 0.5) is 13.2 Å². The number of hydrogen-bond acceptors (Lipinski definition) is 3. The molecule has 1 aromatic carbocycles. The Labute approximate surface area is 114 Å². The fraction of sp³-hybridized carbons (Fsp3) is 0.462. The van der Waals surface area contributed by atoms with Gasteiger partial charge in [-0.2, -0.15) is 8.78 Å². The summed E-state index contributed by atoms with van der Waals surface area (Å²) in [6, 6.07) is 2.56. The van der Waals surface area contributed by atoms with Crippen LogP contribution in [0.5, 0.6) is 5.75 Å². The smallest absolute Gasteiger partial charge is 0.387 e. The molecule has 0 aliphatic heterocycles. The molecule has 0 radical (unpaired) electrons. The molecule has 4 nitrogen and oxygen atoms in total. The molecule has 1 amide bonds. The lowest BCUT2D eigenvalue weighted by atomic mass is 10.1. The van der Waals surface area contributed by atoms with Gasteiger partial charge in [-0.15, -0.1) is 0 Å². The minimum Gasteiger partial charge on any atom is -0.434 e. The van der Waals surface area contributed by atoms with Gasteiger partial charge >= 0.3 is 6.61 Å². The van der Waals surface area contributed by atoms with E-state index in [9.17, 15) is 18.0 Å². The predicted octanol–water partition coefficient (Wildman–Crippen LogP) is 2.32. The number of ether oxygens (including phenoxy) is 1. The fourth-order valence-electron chi connectivity index (χ4n) is 1.65. The van der Waals surface area contributed by atoms with Gasteiger partial charge in [0.2, 0.25) is 0 Å². The summed E-state index contributed by atoms with van der Waals surface area (Å²) < 4.78 is 41.6. The Balaban J connectivity index is 2.81. The number of hydrogen-bond donors (Lipinski definition) is 2. The highest BCUT2D eigenvalue weighted by Crippen LogP contribution is 2.22. The number of rotatable bonds is 7. The van der Waals surface area contributed by atoms with E-state index >= 15 is 0 Å². The molecule has 112 valence electrons. The van der Waals surface area contributed by atoms with E-state index in [-0.39, 0.29) is 18.2 Å². The summed E-state index contributed by atoms with van der Waals surface area (Å²) >= 11 is 0. The van der Waals surface area contributed by atoms with E-state index < -0.39 is 24.1 Å². The van der Waals surface area contributed by atoms with Crippen LogP contribution in [0.15, 0.2) is 18.2 Å². The van der Waals surface area contributed by atoms with E-state index in [0.717, 1.165) is 18.2 Å². The SMILES string of the molecule is CC(CCCO)NC(=O)c1ccc(F)cc1OC(F)F. The molecular weight excluding hydrogens is 275 g/mol. The van der Waals surface area contributed by atoms with E-state index in [0.29, 0.717) is 12.8 Å². The van der Waals surface area contributed by atoms with Crippen LogP contribution < -0.4 is 10.1 Å². The second kappa shape index (κ2) is 7.74. The summed E-state index contributed by atoms with van der Waals surface area (Å²) in [6.07, 6.45) is 1.04. The quantitative estimate of drug-likeness (QED) is 0.810. The normalized spacial score (nSPS) is 12.3. The van der Waals surface area contributed by atoms with Crippen molar-refractivity contribution in [2.24, 2.45) is 0 Å². The minimum absolute atomic E-state index is 0.00347. The zero-order chi connectivity index (χ0) is 15.1. The standard InChI is InChI=1S/C13H16F3NO3/c1-8(3-2-6-18)17-12(19)10-5-4-9(14)7-11(10)20-13(15)16/h4-5,7-8,13,18H,2-3,6H2,1H3,(H,17,19). The maximum atomic E-state index is 13.0. The van der Waals surface area contributed by atoms with E-state index in [2.05, 4.69) is 10.1 Å². The maximum Gasteiger partial charge on any atom is 0.387 e. The second-order valence-corrected chi connectivity index (χ2v) is 4.26. The van der Waals surface area contributed by atoms with Crippen molar-refractivity contribution in [3.8, 4) is 5.75 Å². The highest BCUT2D eigenvalue weighted by molar-refractivity contribution is 5.97. The summed E-state index contributed by atoms with van der Waals surface area (Å²) in [5.41, 5.74) is -0.164. The lowest BCUT2D eigenvalue weighted by Gasteiger charge is -2.15. The number of amides is 1. The third-order valence-corrected chi connectivity index (χ3v) is 2.58. The lowest BCUT2D eigenvalue weighted by Crippen LogP contribution is -2.33. The lowest BCUT2D eigenvalue weighted by molar-refractivity contribution is -0.0503. The van der Waals surface area contributed by atoms with Crippen molar-refractivity contribution in [2.45, 2.75) is 32.4 Å². The summed E-state index contributed by atoms with van der Waals surface area (Å²) in [5.74, 6) is -1.91. The topological polar surface area (TPSA) is 58.6 Å². The molecule has 0 aliphatic carbocycles. The number of carbonyl (C=O) groups is 1. The second-order valence-electron chi connectivity index (χ2n) is 4.26. The van der Waals surface area contributed by atoms with Crippen LogP contribution in [0.25, 0.3) is 0 Å². The van der Waals surface area contributed by atoms with Crippen LogP contribution in [0.2, 0.25) is 0 Å². The van der Waals surface area contributed by atoms with E-state index in [1.807, 2.05) is 0 Å². The largest absolute Gasteiger partial charge is 0.434 e. The van der Waals surface area contributed by atoms with Gasteiger partial charge < -0.3 is 15.2 Å². The van der Waals surface area contributed by atoms with Crippen molar-refractivity contribution in [1.82, 2.24) is 5.32 Å². The molecule has 0 spiro atoms. The van der Waals surface area contributed by atoms with Crippen LogP contribution in [0.3, 0.4) is 0 Å². The van der Waals surface area contributed by atoms with Crippen molar-refractivity contribution in [3.63, 3.8) is 0 Å². The first-order valence-corrected chi connectivity index (χ1v) is 6.10. The van der Waals surface area contributed by atoms with Crippen LogP contribution in [-0.2, 0) is 0 Å². The number of carbonyl (C=O) groups excluding carboxylic acids is 1. The zero-order valence-corrected chi connectivity index (χ0v) is 10.9. The number of benzene rings is 1. The summed E-state index contributed by atoms with van der Waals surface area (Å²) in [6.45, 7) is -1.43. The number of alkyl halides is 2. The summed E-state index contributed by atoms with van der Waals surface area (Å²) in [5, 5.41) is 11.2. The molecule has 1 aromatic rings. The Morgan fingerprint density at radius 2 is 2.15 bits per heavy atom. The van der Waals surface area contributed by atoms with Gasteiger partial charge in [0.1, 0.15) is 11.6 Å². The number of nitrogens with one attached hydrogen (secondary N) is 1. The van der Waals surface area contributed by atoms with Crippen molar-refractivity contribution in [3.05, 3.63) is 29.6 Å². The molecule has 0 bridgehead atoms. The van der Waals surface area contributed by atoms with Crippen LogP contribution in [0.1, 0.15) is 30.1 Å². The highest BCUT2D eigenvalue weighted by atomic mass is 19.3. The molecule has 0 heterocycles. The van der Waals surface area contributed by atoms with Crippen LogP contribution in [-0.4, -0.2) is 30.3 Å². The minimum atomic E-state index is -3.14. The van der Waals surface area contributed by atoms with Crippen LogP contribution >= 0.6 is 0 Å². The first-order chi connectivity index (χ1) is 9.43. The molecule has 0 saturated carbocycles. The molecule has 7 heteroatoms. The Kier molecular flexibility index (Phi) is 6.30. The molecule has 1 rings (SSSR count).